The van der Waals surface area contributed by atoms with Crippen molar-refractivity contribution in [3.8, 4) is 62.0 Å². The van der Waals surface area contributed by atoms with Crippen molar-refractivity contribution in [2.45, 2.75) is 0 Å². The van der Waals surface area contributed by atoms with Crippen LogP contribution in [0.25, 0.3) is 127 Å². The molecule has 0 saturated carbocycles. The van der Waals surface area contributed by atoms with Crippen molar-refractivity contribution in [3.63, 3.8) is 0 Å². The highest BCUT2D eigenvalue weighted by molar-refractivity contribution is 6.23. The number of pyridine rings is 1. The molecule has 0 amide bonds. The van der Waals surface area contributed by atoms with Crippen LogP contribution in [0.15, 0.2) is 223 Å². The van der Waals surface area contributed by atoms with Gasteiger partial charge in [-0.3, -0.25) is 0 Å². The van der Waals surface area contributed by atoms with E-state index in [1.165, 1.54) is 21.8 Å². The predicted molar refractivity (Wildman–Crippen MR) is 264 cm³/mol. The zero-order valence-electron chi connectivity index (χ0n) is 34.5. The first-order chi connectivity index (χ1) is 31.7. The van der Waals surface area contributed by atoms with Crippen molar-refractivity contribution in [3.05, 3.63) is 218 Å². The van der Waals surface area contributed by atoms with Crippen molar-refractivity contribution >= 4 is 65.4 Å². The second-order valence-corrected chi connectivity index (χ2v) is 16.3. The topological polar surface area (TPSA) is 56.7 Å². The number of hydrogen-bond acceptors (Lipinski definition) is 4. The maximum atomic E-state index is 6.67. The van der Waals surface area contributed by atoms with Gasteiger partial charge < -0.3 is 8.98 Å². The van der Waals surface area contributed by atoms with Gasteiger partial charge in [0.25, 0.3) is 0 Å². The Kier molecular flexibility index (Phi) is 8.15. The molecule has 5 heteroatoms. The lowest BCUT2D eigenvalue weighted by molar-refractivity contribution is 0.669. The number of benzene rings is 9. The Labute approximate surface area is 368 Å². The third-order valence-electron chi connectivity index (χ3n) is 12.6. The van der Waals surface area contributed by atoms with Gasteiger partial charge in [-0.2, -0.15) is 0 Å². The van der Waals surface area contributed by atoms with E-state index >= 15 is 0 Å². The van der Waals surface area contributed by atoms with Gasteiger partial charge in [0.15, 0.2) is 11.4 Å². The molecule has 0 aliphatic carbocycles. The third kappa shape index (κ3) is 5.75. The quantitative estimate of drug-likeness (QED) is 0.168. The van der Waals surface area contributed by atoms with Crippen LogP contribution in [0, 0.1) is 0 Å². The molecular formula is C59H36N4O. The molecule has 0 N–H and O–H groups in total. The highest BCUT2D eigenvalue weighted by Gasteiger charge is 2.21. The third-order valence-corrected chi connectivity index (χ3v) is 12.6. The lowest BCUT2D eigenvalue weighted by Crippen LogP contribution is -1.97. The zero-order chi connectivity index (χ0) is 42.1. The molecule has 0 saturated heterocycles. The van der Waals surface area contributed by atoms with Gasteiger partial charge in [0.05, 0.1) is 27.9 Å². The molecule has 64 heavy (non-hydrogen) atoms. The SMILES string of the molecule is c1ccc(-c2nc(-c3ccc(-c4cccc5c4nc(-c4cccc6ccccc46)c4oc6ccccc6c45)cc3)cc(-c3ccc(-n4c5ccccc5c5ccccc54)cc3)n2)cc1. The average Bonchev–Trinajstić information content (AvgIpc) is 3.93. The van der Waals surface area contributed by atoms with E-state index in [-0.39, 0.29) is 0 Å². The van der Waals surface area contributed by atoms with E-state index in [4.69, 9.17) is 19.4 Å². The Morgan fingerprint density at radius 3 is 1.66 bits per heavy atom. The fourth-order valence-electron chi connectivity index (χ4n) is 9.62. The van der Waals surface area contributed by atoms with Gasteiger partial charge in [-0.25, -0.2) is 15.0 Å². The van der Waals surface area contributed by atoms with Gasteiger partial charge in [-0.15, -0.1) is 0 Å². The molecule has 0 aliphatic rings. The molecule has 0 spiro atoms. The smallest absolute Gasteiger partial charge is 0.162 e. The van der Waals surface area contributed by atoms with Gasteiger partial charge in [0.1, 0.15) is 11.3 Å². The standard InChI is InChI=1S/C59H36N4O/c1-2-15-41(16-3-1)59-60-50(36-51(61-59)40-32-34-42(35-33-40)63-52-25-9-6-19-45(52)46-20-7-10-26-53(46)63)39-30-28-38(29-31-39)44-22-13-24-49-55-48-21-8-11-27-54(48)64-58(55)57(62-56(44)49)47-23-12-17-37-14-4-5-18-43(37)47/h1-36H. The van der Waals surface area contributed by atoms with E-state index in [2.05, 4.69) is 193 Å². The summed E-state index contributed by atoms with van der Waals surface area (Å²) in [4.78, 5) is 15.8. The number of rotatable bonds is 6. The second kappa shape index (κ2) is 14.5. The summed E-state index contributed by atoms with van der Waals surface area (Å²) in [6.07, 6.45) is 0. The molecule has 0 bridgehead atoms. The maximum absolute atomic E-state index is 6.67. The average molecular weight is 817 g/mol. The Bertz CT molecular complexity index is 3880. The van der Waals surface area contributed by atoms with Gasteiger partial charge in [0.2, 0.25) is 0 Å². The highest BCUT2D eigenvalue weighted by atomic mass is 16.3. The van der Waals surface area contributed by atoms with Crippen LogP contribution in [0.5, 0.6) is 0 Å². The molecule has 4 heterocycles. The molecule has 4 aromatic heterocycles. The van der Waals surface area contributed by atoms with Gasteiger partial charge in [-0.1, -0.05) is 182 Å². The maximum Gasteiger partial charge on any atom is 0.162 e. The summed E-state index contributed by atoms with van der Waals surface area (Å²) in [6, 6.07) is 76.6. The number of fused-ring (bicyclic) bond motifs is 9. The molecule has 0 fully saturated rings. The highest BCUT2D eigenvalue weighted by Crippen LogP contribution is 2.43. The van der Waals surface area contributed by atoms with Crippen molar-refractivity contribution in [1.29, 1.82) is 0 Å². The van der Waals surface area contributed by atoms with Gasteiger partial charge in [0, 0.05) is 60.4 Å². The molecule has 0 atom stereocenters. The van der Waals surface area contributed by atoms with Crippen LogP contribution >= 0.6 is 0 Å². The van der Waals surface area contributed by atoms with Gasteiger partial charge in [-0.05, 0) is 52.7 Å². The van der Waals surface area contributed by atoms with Crippen molar-refractivity contribution in [1.82, 2.24) is 19.5 Å². The van der Waals surface area contributed by atoms with E-state index in [9.17, 15) is 0 Å². The van der Waals surface area contributed by atoms with Crippen LogP contribution in [0.3, 0.4) is 0 Å². The number of furan rings is 1. The van der Waals surface area contributed by atoms with Crippen LogP contribution < -0.4 is 0 Å². The summed E-state index contributed by atoms with van der Waals surface area (Å²) in [6.45, 7) is 0. The minimum atomic E-state index is 0.680. The molecule has 5 nitrogen and oxygen atoms in total. The summed E-state index contributed by atoms with van der Waals surface area (Å²) >= 11 is 0. The van der Waals surface area contributed by atoms with E-state index in [0.29, 0.717) is 5.82 Å². The van der Waals surface area contributed by atoms with Crippen molar-refractivity contribution < 1.29 is 4.42 Å². The second-order valence-electron chi connectivity index (χ2n) is 16.3. The summed E-state index contributed by atoms with van der Waals surface area (Å²) in [5.74, 6) is 0.680. The zero-order valence-corrected chi connectivity index (χ0v) is 34.5. The fraction of sp³-hybridized carbons (Fsp3) is 0. The van der Waals surface area contributed by atoms with Crippen molar-refractivity contribution in [2.75, 3.05) is 0 Å². The minimum absolute atomic E-state index is 0.680. The predicted octanol–water partition coefficient (Wildman–Crippen LogP) is 15.5. The molecule has 298 valence electrons. The monoisotopic (exact) mass is 816 g/mol. The molecule has 0 unspecified atom stereocenters. The molecule has 9 aromatic carbocycles. The Morgan fingerprint density at radius 2 is 0.922 bits per heavy atom. The molecule has 13 rings (SSSR count). The summed E-state index contributed by atoms with van der Waals surface area (Å²) in [7, 11) is 0. The number of para-hydroxylation sites is 4. The minimum Gasteiger partial charge on any atom is -0.454 e. The van der Waals surface area contributed by atoms with Crippen LogP contribution in [0.2, 0.25) is 0 Å². The van der Waals surface area contributed by atoms with Crippen LogP contribution in [-0.2, 0) is 0 Å². The van der Waals surface area contributed by atoms with Crippen molar-refractivity contribution in [2.24, 2.45) is 0 Å². The van der Waals surface area contributed by atoms with Crippen LogP contribution in [0.1, 0.15) is 0 Å². The lowest BCUT2D eigenvalue weighted by atomic mass is 9.95. The number of hydrogen-bond donors (Lipinski definition) is 0. The molecule has 0 radical (unpaired) electrons. The number of aromatic nitrogens is 4. The first-order valence-corrected chi connectivity index (χ1v) is 21.6. The Morgan fingerprint density at radius 1 is 0.375 bits per heavy atom. The van der Waals surface area contributed by atoms with Crippen LogP contribution in [0.4, 0.5) is 0 Å². The van der Waals surface area contributed by atoms with E-state index < -0.39 is 0 Å². The molecule has 0 aliphatic heterocycles. The Hall–Kier alpha value is -8.67. The lowest BCUT2D eigenvalue weighted by Gasteiger charge is -2.13. The normalized spacial score (nSPS) is 11.8. The summed E-state index contributed by atoms with van der Waals surface area (Å²) < 4.78 is 9.01. The molecule has 13 aromatic rings. The fourth-order valence-corrected chi connectivity index (χ4v) is 9.62. The van der Waals surface area contributed by atoms with E-state index in [1.807, 2.05) is 30.3 Å². The summed E-state index contributed by atoms with van der Waals surface area (Å²) in [5.41, 5.74) is 14.7. The summed E-state index contributed by atoms with van der Waals surface area (Å²) in [5, 5.41) is 8.00. The van der Waals surface area contributed by atoms with E-state index in [1.54, 1.807) is 0 Å². The van der Waals surface area contributed by atoms with E-state index in [0.717, 1.165) is 99.8 Å². The first kappa shape index (κ1) is 36.0. The Balaban J connectivity index is 0.930. The number of nitrogens with zero attached hydrogens (tertiary/aromatic N) is 4. The van der Waals surface area contributed by atoms with Crippen LogP contribution in [-0.4, -0.2) is 19.5 Å². The molecular weight excluding hydrogens is 781 g/mol. The largest absolute Gasteiger partial charge is 0.454 e. The first-order valence-electron chi connectivity index (χ1n) is 21.6. The van der Waals surface area contributed by atoms with Gasteiger partial charge >= 0.3 is 0 Å².